The Morgan fingerprint density at radius 3 is 3.00 bits per heavy atom. The zero-order valence-electron chi connectivity index (χ0n) is 6.14. The molecule has 1 aromatic heterocycles. The van der Waals surface area contributed by atoms with Gasteiger partial charge >= 0.3 is 0 Å². The molecule has 5 heteroatoms. The highest BCUT2D eigenvalue weighted by molar-refractivity contribution is 7.80. The molecule has 0 saturated heterocycles. The summed E-state index contributed by atoms with van der Waals surface area (Å²) in [6.45, 7) is 1.86. The summed E-state index contributed by atoms with van der Waals surface area (Å²) >= 11 is 4.91. The number of hydrogen-bond donors (Lipinski definition) is 1. The Kier molecular flexibility index (Phi) is 2.67. The molecule has 1 aromatic rings. The Hall–Kier alpha value is -0.810. The van der Waals surface area contributed by atoms with E-state index in [9.17, 15) is 5.11 Å². The SMILES string of the molecule is CCC(O)C(=S)n1cncn1. The predicted molar refractivity (Wildman–Crippen MR) is 44.3 cm³/mol. The lowest BCUT2D eigenvalue weighted by molar-refractivity contribution is 0.235. The van der Waals surface area contributed by atoms with E-state index in [1.807, 2.05) is 6.92 Å². The molecular formula is C6H9N3OS. The van der Waals surface area contributed by atoms with Crippen molar-refractivity contribution in [3.8, 4) is 0 Å². The number of rotatable bonds is 2. The molecule has 0 aliphatic heterocycles. The van der Waals surface area contributed by atoms with E-state index in [1.54, 1.807) is 0 Å². The van der Waals surface area contributed by atoms with Crippen molar-refractivity contribution in [2.24, 2.45) is 0 Å². The second kappa shape index (κ2) is 3.54. The van der Waals surface area contributed by atoms with Crippen LogP contribution in [0.5, 0.6) is 0 Å². The fraction of sp³-hybridized carbons (Fsp3) is 0.500. The maximum absolute atomic E-state index is 9.27. The van der Waals surface area contributed by atoms with Crippen molar-refractivity contribution in [1.29, 1.82) is 0 Å². The molecule has 1 N–H and O–H groups in total. The minimum Gasteiger partial charge on any atom is -0.386 e. The molecule has 0 aliphatic carbocycles. The molecule has 1 atom stereocenters. The summed E-state index contributed by atoms with van der Waals surface area (Å²) in [5, 5.41) is 13.1. The average Bonchev–Trinajstić information content (AvgIpc) is 2.53. The lowest BCUT2D eigenvalue weighted by Crippen LogP contribution is -2.24. The maximum Gasteiger partial charge on any atom is 0.138 e. The van der Waals surface area contributed by atoms with Gasteiger partial charge in [0.1, 0.15) is 23.7 Å². The fourth-order valence-corrected chi connectivity index (χ4v) is 0.910. The van der Waals surface area contributed by atoms with E-state index >= 15 is 0 Å². The summed E-state index contributed by atoms with van der Waals surface area (Å²) in [7, 11) is 0. The van der Waals surface area contributed by atoms with Crippen molar-refractivity contribution in [3.63, 3.8) is 0 Å². The van der Waals surface area contributed by atoms with E-state index in [1.165, 1.54) is 17.3 Å². The van der Waals surface area contributed by atoms with Crippen LogP contribution in [0.4, 0.5) is 0 Å². The van der Waals surface area contributed by atoms with Gasteiger partial charge in [0, 0.05) is 0 Å². The molecular weight excluding hydrogens is 162 g/mol. The third-order valence-electron chi connectivity index (χ3n) is 1.32. The molecule has 0 fully saturated rings. The normalized spacial score (nSPS) is 12.9. The van der Waals surface area contributed by atoms with Gasteiger partial charge in [-0.1, -0.05) is 19.1 Å². The largest absolute Gasteiger partial charge is 0.386 e. The molecule has 1 heterocycles. The second-order valence-electron chi connectivity index (χ2n) is 2.10. The topological polar surface area (TPSA) is 50.9 Å². The summed E-state index contributed by atoms with van der Waals surface area (Å²) in [5.74, 6) is 0. The molecule has 0 aromatic carbocycles. The molecule has 1 rings (SSSR count). The molecule has 0 amide bonds. The maximum atomic E-state index is 9.27. The standard InChI is InChI=1S/C6H9N3OS/c1-2-5(10)6(11)9-4-7-3-8-9/h3-5,10H,2H2,1H3. The number of thiocarbonyl (C=S) groups is 1. The first-order chi connectivity index (χ1) is 5.25. The van der Waals surface area contributed by atoms with Crippen LogP contribution in [0.3, 0.4) is 0 Å². The highest BCUT2D eigenvalue weighted by Gasteiger charge is 2.09. The molecule has 0 aliphatic rings. The number of hydrogen-bond acceptors (Lipinski definition) is 4. The number of aromatic nitrogens is 3. The van der Waals surface area contributed by atoms with Gasteiger partial charge in [0.15, 0.2) is 0 Å². The van der Waals surface area contributed by atoms with Gasteiger partial charge in [-0.15, -0.1) is 0 Å². The first-order valence-electron chi connectivity index (χ1n) is 3.32. The van der Waals surface area contributed by atoms with Gasteiger partial charge in [-0.05, 0) is 6.42 Å². The predicted octanol–water partition coefficient (Wildman–Crippen LogP) is 0.224. The lowest BCUT2D eigenvalue weighted by atomic mass is 10.3. The van der Waals surface area contributed by atoms with Gasteiger partial charge in [-0.3, -0.25) is 0 Å². The van der Waals surface area contributed by atoms with Crippen molar-refractivity contribution >= 4 is 17.2 Å². The van der Waals surface area contributed by atoms with Gasteiger partial charge in [0.2, 0.25) is 0 Å². The Morgan fingerprint density at radius 1 is 1.82 bits per heavy atom. The molecule has 0 saturated carbocycles. The molecule has 4 nitrogen and oxygen atoms in total. The number of nitrogens with zero attached hydrogens (tertiary/aromatic N) is 3. The van der Waals surface area contributed by atoms with E-state index in [4.69, 9.17) is 12.2 Å². The van der Waals surface area contributed by atoms with Crippen molar-refractivity contribution < 1.29 is 5.11 Å². The van der Waals surface area contributed by atoms with Crippen LogP contribution in [-0.4, -0.2) is 31.0 Å². The average molecular weight is 171 g/mol. The van der Waals surface area contributed by atoms with Crippen molar-refractivity contribution in [2.45, 2.75) is 19.4 Å². The minimum atomic E-state index is -0.605. The molecule has 60 valence electrons. The van der Waals surface area contributed by atoms with E-state index in [0.29, 0.717) is 11.4 Å². The molecule has 0 spiro atoms. The Bertz CT molecular complexity index is 234. The van der Waals surface area contributed by atoms with Crippen LogP contribution in [0.25, 0.3) is 0 Å². The Morgan fingerprint density at radius 2 is 2.55 bits per heavy atom. The van der Waals surface area contributed by atoms with E-state index in [0.717, 1.165) is 0 Å². The fourth-order valence-electron chi connectivity index (χ4n) is 0.649. The zero-order valence-corrected chi connectivity index (χ0v) is 6.95. The van der Waals surface area contributed by atoms with Crippen LogP contribution in [-0.2, 0) is 0 Å². The van der Waals surface area contributed by atoms with Gasteiger partial charge in [-0.25, -0.2) is 9.67 Å². The second-order valence-corrected chi connectivity index (χ2v) is 2.52. The molecule has 11 heavy (non-hydrogen) atoms. The monoisotopic (exact) mass is 171 g/mol. The highest BCUT2D eigenvalue weighted by atomic mass is 32.1. The van der Waals surface area contributed by atoms with Gasteiger partial charge < -0.3 is 5.11 Å². The van der Waals surface area contributed by atoms with Crippen LogP contribution in [0, 0.1) is 0 Å². The number of aliphatic hydroxyl groups is 1. The molecule has 0 radical (unpaired) electrons. The molecule has 1 unspecified atom stereocenters. The first kappa shape index (κ1) is 8.29. The van der Waals surface area contributed by atoms with E-state index in [-0.39, 0.29) is 0 Å². The lowest BCUT2D eigenvalue weighted by Gasteiger charge is -2.07. The van der Waals surface area contributed by atoms with E-state index in [2.05, 4.69) is 10.1 Å². The van der Waals surface area contributed by atoms with Gasteiger partial charge in [0.25, 0.3) is 0 Å². The third-order valence-corrected chi connectivity index (χ3v) is 1.78. The highest BCUT2D eigenvalue weighted by Crippen LogP contribution is 1.95. The quantitative estimate of drug-likeness (QED) is 0.647. The zero-order chi connectivity index (χ0) is 8.27. The summed E-state index contributed by atoms with van der Waals surface area (Å²) in [4.78, 5) is 4.11. The summed E-state index contributed by atoms with van der Waals surface area (Å²) in [6.07, 6.45) is 2.85. The van der Waals surface area contributed by atoms with E-state index < -0.39 is 6.10 Å². The van der Waals surface area contributed by atoms with Crippen LogP contribution >= 0.6 is 12.2 Å². The number of aliphatic hydroxyl groups excluding tert-OH is 1. The van der Waals surface area contributed by atoms with Crippen LogP contribution in [0.2, 0.25) is 0 Å². The van der Waals surface area contributed by atoms with Crippen LogP contribution in [0.15, 0.2) is 12.7 Å². The van der Waals surface area contributed by atoms with Crippen molar-refractivity contribution in [3.05, 3.63) is 12.7 Å². The Balaban J connectivity index is 2.70. The summed E-state index contributed by atoms with van der Waals surface area (Å²) < 4.78 is 1.39. The smallest absolute Gasteiger partial charge is 0.138 e. The van der Waals surface area contributed by atoms with Gasteiger partial charge in [0.05, 0.1) is 0 Å². The van der Waals surface area contributed by atoms with Gasteiger partial charge in [-0.2, -0.15) is 5.10 Å². The first-order valence-corrected chi connectivity index (χ1v) is 3.73. The Labute approximate surface area is 69.9 Å². The summed E-state index contributed by atoms with van der Waals surface area (Å²) in [6, 6.07) is 0. The van der Waals surface area contributed by atoms with Crippen molar-refractivity contribution in [2.75, 3.05) is 0 Å². The van der Waals surface area contributed by atoms with Crippen LogP contribution in [0.1, 0.15) is 13.3 Å². The van der Waals surface area contributed by atoms with Crippen LogP contribution < -0.4 is 0 Å². The molecule has 0 bridgehead atoms. The van der Waals surface area contributed by atoms with Crippen molar-refractivity contribution in [1.82, 2.24) is 14.8 Å². The third kappa shape index (κ3) is 1.81. The minimum absolute atomic E-state index is 0.394. The summed E-state index contributed by atoms with van der Waals surface area (Å²) in [5.41, 5.74) is 0.